The van der Waals surface area contributed by atoms with Crippen LogP contribution in [0.4, 0.5) is 0 Å². The SMILES string of the molecule is CCC=C(CC)C(=O)C(C(=O)O)C(=O)O. The minimum absolute atomic E-state index is 0.257. The van der Waals surface area contributed by atoms with Gasteiger partial charge in [0.15, 0.2) is 5.78 Å². The molecule has 0 aromatic carbocycles. The lowest BCUT2D eigenvalue weighted by Gasteiger charge is -2.08. The smallest absolute Gasteiger partial charge is 0.325 e. The molecule has 84 valence electrons. The van der Waals surface area contributed by atoms with Gasteiger partial charge in [0, 0.05) is 0 Å². The first kappa shape index (κ1) is 13.4. The predicted molar refractivity (Wildman–Crippen MR) is 52.4 cm³/mol. The second-order valence-corrected chi connectivity index (χ2v) is 2.96. The maximum Gasteiger partial charge on any atom is 0.325 e. The maximum absolute atomic E-state index is 11.5. The molecule has 0 spiro atoms. The van der Waals surface area contributed by atoms with Crippen molar-refractivity contribution >= 4 is 17.7 Å². The van der Waals surface area contributed by atoms with E-state index in [1.165, 1.54) is 0 Å². The molecule has 5 heteroatoms. The van der Waals surface area contributed by atoms with Crippen molar-refractivity contribution in [2.24, 2.45) is 5.92 Å². The molecule has 0 rings (SSSR count). The molecule has 0 heterocycles. The molecule has 0 amide bonds. The summed E-state index contributed by atoms with van der Waals surface area (Å²) in [7, 11) is 0. The molecule has 0 aromatic rings. The van der Waals surface area contributed by atoms with E-state index in [1.54, 1.807) is 19.9 Å². The highest BCUT2D eigenvalue weighted by molar-refractivity contribution is 6.19. The Morgan fingerprint density at radius 1 is 1.13 bits per heavy atom. The Morgan fingerprint density at radius 3 is 1.87 bits per heavy atom. The first-order valence-electron chi connectivity index (χ1n) is 4.64. The Kier molecular flexibility index (Phi) is 5.30. The molecule has 0 aliphatic heterocycles. The summed E-state index contributed by atoms with van der Waals surface area (Å²) in [5.41, 5.74) is 0.257. The molecule has 15 heavy (non-hydrogen) atoms. The van der Waals surface area contributed by atoms with Crippen LogP contribution < -0.4 is 0 Å². The van der Waals surface area contributed by atoms with Gasteiger partial charge in [0.1, 0.15) is 0 Å². The molecule has 2 N–H and O–H groups in total. The molecule has 0 saturated carbocycles. The van der Waals surface area contributed by atoms with Crippen LogP contribution in [0.15, 0.2) is 11.6 Å². The van der Waals surface area contributed by atoms with Crippen LogP contribution in [-0.4, -0.2) is 27.9 Å². The molecular formula is C10H14O5. The summed E-state index contributed by atoms with van der Waals surface area (Å²) < 4.78 is 0. The van der Waals surface area contributed by atoms with Gasteiger partial charge in [0.25, 0.3) is 0 Å². The van der Waals surface area contributed by atoms with Crippen LogP contribution in [0, 0.1) is 5.92 Å². The van der Waals surface area contributed by atoms with Gasteiger partial charge >= 0.3 is 11.9 Å². The summed E-state index contributed by atoms with van der Waals surface area (Å²) in [5, 5.41) is 17.2. The van der Waals surface area contributed by atoms with E-state index in [0.717, 1.165) is 0 Å². The van der Waals surface area contributed by atoms with E-state index < -0.39 is 23.6 Å². The van der Waals surface area contributed by atoms with Gasteiger partial charge in [0.05, 0.1) is 0 Å². The van der Waals surface area contributed by atoms with E-state index in [0.29, 0.717) is 12.8 Å². The van der Waals surface area contributed by atoms with Crippen molar-refractivity contribution < 1.29 is 24.6 Å². The van der Waals surface area contributed by atoms with Gasteiger partial charge in [-0.25, -0.2) is 0 Å². The van der Waals surface area contributed by atoms with Crippen molar-refractivity contribution in [2.75, 3.05) is 0 Å². The first-order valence-corrected chi connectivity index (χ1v) is 4.64. The molecule has 0 fully saturated rings. The Balaban J connectivity index is 5.01. The minimum Gasteiger partial charge on any atom is -0.480 e. The van der Waals surface area contributed by atoms with E-state index in [4.69, 9.17) is 10.2 Å². The number of carbonyl (C=O) groups excluding carboxylic acids is 1. The number of carbonyl (C=O) groups is 3. The third-order valence-electron chi connectivity index (χ3n) is 1.90. The standard InChI is InChI=1S/C10H14O5/c1-3-5-6(4-2)8(11)7(9(12)13)10(14)15/h5,7H,3-4H2,1-2H3,(H,12,13)(H,14,15). The van der Waals surface area contributed by atoms with E-state index in [9.17, 15) is 14.4 Å². The monoisotopic (exact) mass is 214 g/mol. The number of hydrogen-bond donors (Lipinski definition) is 2. The van der Waals surface area contributed by atoms with Gasteiger partial charge in [-0.3, -0.25) is 14.4 Å². The number of aliphatic carboxylic acids is 2. The Bertz CT molecular complexity index is 289. The lowest BCUT2D eigenvalue weighted by Crippen LogP contribution is -2.32. The fraction of sp³-hybridized carbons (Fsp3) is 0.500. The number of allylic oxidation sites excluding steroid dienone is 2. The number of carboxylic acid groups (broad SMARTS) is 2. The Labute approximate surface area is 87.4 Å². The topological polar surface area (TPSA) is 91.7 Å². The number of Topliss-reactive ketones (excluding diaryl/α,β-unsaturated/α-hetero) is 1. The number of carboxylic acids is 2. The molecule has 0 aromatic heterocycles. The van der Waals surface area contributed by atoms with Crippen LogP contribution in [-0.2, 0) is 14.4 Å². The van der Waals surface area contributed by atoms with Crippen LogP contribution in [0.2, 0.25) is 0 Å². The van der Waals surface area contributed by atoms with Crippen LogP contribution in [0.1, 0.15) is 26.7 Å². The van der Waals surface area contributed by atoms with Crippen molar-refractivity contribution in [2.45, 2.75) is 26.7 Å². The zero-order valence-electron chi connectivity index (χ0n) is 8.69. The quantitative estimate of drug-likeness (QED) is 0.510. The van der Waals surface area contributed by atoms with Gasteiger partial charge in [-0.05, 0) is 18.4 Å². The van der Waals surface area contributed by atoms with E-state index >= 15 is 0 Å². The highest BCUT2D eigenvalue weighted by Gasteiger charge is 2.34. The fourth-order valence-corrected chi connectivity index (χ4v) is 1.18. The number of hydrogen-bond acceptors (Lipinski definition) is 3. The van der Waals surface area contributed by atoms with Crippen LogP contribution in [0.5, 0.6) is 0 Å². The van der Waals surface area contributed by atoms with Crippen molar-refractivity contribution in [1.29, 1.82) is 0 Å². The zero-order valence-corrected chi connectivity index (χ0v) is 8.69. The molecule has 0 aliphatic carbocycles. The average Bonchev–Trinajstić information content (AvgIpc) is 2.12. The first-order chi connectivity index (χ1) is 6.95. The largest absolute Gasteiger partial charge is 0.480 e. The lowest BCUT2D eigenvalue weighted by molar-refractivity contribution is -0.156. The van der Waals surface area contributed by atoms with Gasteiger partial charge in [-0.1, -0.05) is 19.9 Å². The Morgan fingerprint density at radius 2 is 1.60 bits per heavy atom. The fourth-order valence-electron chi connectivity index (χ4n) is 1.18. The number of rotatable bonds is 6. The van der Waals surface area contributed by atoms with Crippen molar-refractivity contribution in [3.63, 3.8) is 0 Å². The lowest BCUT2D eigenvalue weighted by atomic mass is 9.95. The summed E-state index contributed by atoms with van der Waals surface area (Å²) in [6.07, 6.45) is 2.46. The molecule has 0 bridgehead atoms. The summed E-state index contributed by atoms with van der Waals surface area (Å²) in [6.45, 7) is 3.47. The summed E-state index contributed by atoms with van der Waals surface area (Å²) >= 11 is 0. The molecule has 0 radical (unpaired) electrons. The van der Waals surface area contributed by atoms with Gasteiger partial charge in [-0.15, -0.1) is 0 Å². The van der Waals surface area contributed by atoms with Crippen molar-refractivity contribution in [3.05, 3.63) is 11.6 Å². The van der Waals surface area contributed by atoms with E-state index in [2.05, 4.69) is 0 Å². The minimum atomic E-state index is -1.98. The normalized spacial score (nSPS) is 11.5. The molecular weight excluding hydrogens is 200 g/mol. The van der Waals surface area contributed by atoms with Crippen LogP contribution >= 0.6 is 0 Å². The third-order valence-corrected chi connectivity index (χ3v) is 1.90. The summed E-state index contributed by atoms with van der Waals surface area (Å²) in [5.74, 6) is -6.06. The second kappa shape index (κ2) is 5.95. The van der Waals surface area contributed by atoms with Gasteiger partial charge in [-0.2, -0.15) is 0 Å². The maximum atomic E-state index is 11.5. The zero-order chi connectivity index (χ0) is 12.0. The van der Waals surface area contributed by atoms with E-state index in [1.807, 2.05) is 0 Å². The second-order valence-electron chi connectivity index (χ2n) is 2.96. The average molecular weight is 214 g/mol. The van der Waals surface area contributed by atoms with Crippen LogP contribution in [0.3, 0.4) is 0 Å². The highest BCUT2D eigenvalue weighted by Crippen LogP contribution is 2.12. The third kappa shape index (κ3) is 3.53. The van der Waals surface area contributed by atoms with Crippen LogP contribution in [0.25, 0.3) is 0 Å². The summed E-state index contributed by atoms with van der Waals surface area (Å²) in [4.78, 5) is 32.7. The highest BCUT2D eigenvalue weighted by atomic mass is 16.4. The van der Waals surface area contributed by atoms with Gasteiger partial charge in [0.2, 0.25) is 5.92 Å². The molecule has 0 saturated heterocycles. The Hall–Kier alpha value is -1.65. The summed E-state index contributed by atoms with van der Waals surface area (Å²) in [6, 6.07) is 0. The van der Waals surface area contributed by atoms with E-state index in [-0.39, 0.29) is 5.57 Å². The molecule has 0 unspecified atom stereocenters. The molecule has 0 atom stereocenters. The van der Waals surface area contributed by atoms with Gasteiger partial charge < -0.3 is 10.2 Å². The number of ketones is 1. The van der Waals surface area contributed by atoms with Crippen molar-refractivity contribution in [1.82, 2.24) is 0 Å². The molecule has 0 aliphatic rings. The predicted octanol–water partition coefficient (Wildman–Crippen LogP) is 1.09. The molecule has 5 nitrogen and oxygen atoms in total. The van der Waals surface area contributed by atoms with Crippen molar-refractivity contribution in [3.8, 4) is 0 Å².